The lowest BCUT2D eigenvalue weighted by Crippen LogP contribution is -2.17. The molecule has 0 spiro atoms. The van der Waals surface area contributed by atoms with E-state index in [0.29, 0.717) is 19.0 Å². The monoisotopic (exact) mass is 413 g/mol. The molecule has 0 unspecified atom stereocenters. The van der Waals surface area contributed by atoms with Crippen LogP contribution < -0.4 is 14.8 Å². The normalized spacial score (nSPS) is 12.8. The van der Waals surface area contributed by atoms with Crippen molar-refractivity contribution in [1.82, 2.24) is 19.3 Å². The Morgan fingerprint density at radius 3 is 2.76 bits per heavy atom. The fourth-order valence-electron chi connectivity index (χ4n) is 3.25. The van der Waals surface area contributed by atoms with Gasteiger partial charge in [-0.15, -0.1) is 0 Å². The second-order valence-electron chi connectivity index (χ2n) is 6.66. The molecule has 3 aromatic rings. The Kier molecular flexibility index (Phi) is 5.48. The Balaban J connectivity index is 1.47. The Labute approximate surface area is 173 Å². The lowest BCUT2D eigenvalue weighted by atomic mass is 10.1. The minimum absolute atomic E-state index is 0.0930. The average molecular weight is 414 g/mol. The number of carbonyl (C=O) groups is 1. The highest BCUT2D eigenvalue weighted by molar-refractivity contribution is 7.99. The number of hydrogen-bond donors (Lipinski definition) is 1. The lowest BCUT2D eigenvalue weighted by molar-refractivity contribution is -0.113. The van der Waals surface area contributed by atoms with E-state index in [2.05, 4.69) is 26.9 Å². The molecule has 9 heteroatoms. The van der Waals surface area contributed by atoms with Crippen LogP contribution in [0.5, 0.6) is 11.5 Å². The number of rotatable bonds is 6. The molecule has 0 atom stereocenters. The number of nitrogens with one attached hydrogen (secondary N) is 1. The molecule has 1 amide bonds. The van der Waals surface area contributed by atoms with Crippen molar-refractivity contribution in [3.63, 3.8) is 0 Å². The van der Waals surface area contributed by atoms with Crippen LogP contribution in [0, 0.1) is 6.92 Å². The van der Waals surface area contributed by atoms with Crippen molar-refractivity contribution in [1.29, 1.82) is 0 Å². The van der Waals surface area contributed by atoms with Crippen LogP contribution in [0.2, 0.25) is 0 Å². The van der Waals surface area contributed by atoms with Crippen molar-refractivity contribution >= 4 is 23.5 Å². The summed E-state index contributed by atoms with van der Waals surface area (Å²) in [6, 6.07) is 7.74. The van der Waals surface area contributed by atoms with Crippen LogP contribution in [-0.4, -0.2) is 44.2 Å². The van der Waals surface area contributed by atoms with Gasteiger partial charge in [0.25, 0.3) is 0 Å². The quantitative estimate of drug-likeness (QED) is 0.625. The number of carbonyl (C=O) groups excluding carboxylic acids is 1. The van der Waals surface area contributed by atoms with Crippen LogP contribution in [0.4, 0.5) is 5.82 Å². The van der Waals surface area contributed by atoms with E-state index >= 15 is 0 Å². The van der Waals surface area contributed by atoms with Gasteiger partial charge in [-0.25, -0.2) is 4.98 Å². The summed E-state index contributed by atoms with van der Waals surface area (Å²) in [6.45, 7) is 5.82. The molecular formula is C20H23N5O3S. The topological polar surface area (TPSA) is 83.2 Å². The SMILES string of the molecule is CCn1c(-c2ccc3c(c2)OCCO3)cnc1SCC(=O)Nc1cc(C)nn1C. The van der Waals surface area contributed by atoms with Gasteiger partial charge in [-0.2, -0.15) is 5.10 Å². The zero-order valence-electron chi connectivity index (χ0n) is 16.6. The Morgan fingerprint density at radius 1 is 1.24 bits per heavy atom. The first kappa shape index (κ1) is 19.4. The molecule has 1 aromatic carbocycles. The van der Waals surface area contributed by atoms with Gasteiger partial charge in [0.2, 0.25) is 5.91 Å². The van der Waals surface area contributed by atoms with E-state index < -0.39 is 0 Å². The number of fused-ring (bicyclic) bond motifs is 1. The number of ether oxygens (including phenoxy) is 2. The maximum Gasteiger partial charge on any atom is 0.235 e. The summed E-state index contributed by atoms with van der Waals surface area (Å²) in [5.74, 6) is 2.37. The third kappa shape index (κ3) is 4.09. The molecular weight excluding hydrogens is 390 g/mol. The standard InChI is InChI=1S/C20H23N5O3S/c1-4-25-15(14-5-6-16-17(10-14)28-8-7-27-16)11-21-20(25)29-12-19(26)22-18-9-13(2)23-24(18)3/h5-6,9-11H,4,7-8,12H2,1-3H3,(H,22,26). The van der Waals surface area contributed by atoms with Crippen LogP contribution >= 0.6 is 11.8 Å². The molecule has 8 nitrogen and oxygen atoms in total. The van der Waals surface area contributed by atoms with Crippen molar-refractivity contribution in [3.05, 3.63) is 36.2 Å². The fourth-order valence-corrected chi connectivity index (χ4v) is 4.09. The summed E-state index contributed by atoms with van der Waals surface area (Å²) < 4.78 is 15.0. The van der Waals surface area contributed by atoms with Crippen LogP contribution in [-0.2, 0) is 18.4 Å². The molecule has 152 valence electrons. The number of aryl methyl sites for hydroxylation is 2. The number of benzene rings is 1. The number of aromatic nitrogens is 4. The number of imidazole rings is 1. The molecule has 0 radical (unpaired) electrons. The van der Waals surface area contributed by atoms with Gasteiger partial charge < -0.3 is 19.4 Å². The molecule has 2 aromatic heterocycles. The minimum Gasteiger partial charge on any atom is -0.486 e. The second-order valence-corrected chi connectivity index (χ2v) is 7.60. The van der Waals surface area contributed by atoms with Crippen LogP contribution in [0.1, 0.15) is 12.6 Å². The minimum atomic E-state index is -0.0930. The number of nitrogens with zero attached hydrogens (tertiary/aromatic N) is 4. The van der Waals surface area contributed by atoms with E-state index in [1.54, 1.807) is 11.7 Å². The third-order valence-corrected chi connectivity index (χ3v) is 5.57. The number of thioether (sulfide) groups is 1. The van der Waals surface area contributed by atoms with Gasteiger partial charge >= 0.3 is 0 Å². The molecule has 1 N–H and O–H groups in total. The van der Waals surface area contributed by atoms with Gasteiger partial charge in [0.05, 0.1) is 23.3 Å². The summed E-state index contributed by atoms with van der Waals surface area (Å²) >= 11 is 1.41. The van der Waals surface area contributed by atoms with Gasteiger partial charge in [0.1, 0.15) is 19.0 Å². The van der Waals surface area contributed by atoms with Gasteiger partial charge in [-0.1, -0.05) is 11.8 Å². The Bertz CT molecular complexity index is 1040. The highest BCUT2D eigenvalue weighted by Crippen LogP contribution is 2.35. The first-order chi connectivity index (χ1) is 14.0. The maximum atomic E-state index is 12.3. The molecule has 0 saturated heterocycles. The zero-order chi connectivity index (χ0) is 20.4. The molecule has 0 bridgehead atoms. The van der Waals surface area contributed by atoms with Crippen molar-refractivity contribution in [3.8, 4) is 22.8 Å². The summed E-state index contributed by atoms with van der Waals surface area (Å²) in [5, 5.41) is 7.92. The van der Waals surface area contributed by atoms with Crippen molar-refractivity contribution in [2.75, 3.05) is 24.3 Å². The van der Waals surface area contributed by atoms with E-state index in [4.69, 9.17) is 9.47 Å². The maximum absolute atomic E-state index is 12.3. The van der Waals surface area contributed by atoms with E-state index in [0.717, 1.165) is 40.2 Å². The molecule has 1 aliphatic heterocycles. The largest absolute Gasteiger partial charge is 0.486 e. The number of amides is 1. The van der Waals surface area contributed by atoms with Crippen molar-refractivity contribution in [2.24, 2.45) is 7.05 Å². The number of anilines is 1. The summed E-state index contributed by atoms with van der Waals surface area (Å²) in [7, 11) is 1.80. The van der Waals surface area contributed by atoms with Gasteiger partial charge in [-0.05, 0) is 32.0 Å². The predicted octanol–water partition coefficient (Wildman–Crippen LogP) is 3.11. The summed E-state index contributed by atoms with van der Waals surface area (Å²) in [6.07, 6.45) is 1.83. The first-order valence-electron chi connectivity index (χ1n) is 9.44. The third-order valence-electron chi connectivity index (χ3n) is 4.57. The van der Waals surface area contributed by atoms with Crippen molar-refractivity contribution in [2.45, 2.75) is 25.5 Å². The highest BCUT2D eigenvalue weighted by Gasteiger charge is 2.17. The van der Waals surface area contributed by atoms with Crippen LogP contribution in [0.25, 0.3) is 11.3 Å². The fraction of sp³-hybridized carbons (Fsp3) is 0.350. The molecule has 0 saturated carbocycles. The van der Waals surface area contributed by atoms with E-state index in [1.165, 1.54) is 11.8 Å². The van der Waals surface area contributed by atoms with E-state index in [1.807, 2.05) is 37.4 Å². The molecule has 29 heavy (non-hydrogen) atoms. The predicted molar refractivity (Wildman–Crippen MR) is 112 cm³/mol. The Morgan fingerprint density at radius 2 is 2.03 bits per heavy atom. The van der Waals surface area contributed by atoms with Gasteiger partial charge in [0.15, 0.2) is 16.7 Å². The highest BCUT2D eigenvalue weighted by atomic mass is 32.2. The molecule has 0 fully saturated rings. The van der Waals surface area contributed by atoms with Crippen LogP contribution in [0.15, 0.2) is 35.6 Å². The summed E-state index contributed by atoms with van der Waals surface area (Å²) in [5.41, 5.74) is 2.85. The molecule has 1 aliphatic rings. The summed E-state index contributed by atoms with van der Waals surface area (Å²) in [4.78, 5) is 16.9. The molecule has 0 aliphatic carbocycles. The van der Waals surface area contributed by atoms with Crippen molar-refractivity contribution < 1.29 is 14.3 Å². The lowest BCUT2D eigenvalue weighted by Gasteiger charge is -2.19. The first-order valence-corrected chi connectivity index (χ1v) is 10.4. The van der Waals surface area contributed by atoms with Gasteiger partial charge in [0, 0.05) is 25.2 Å². The van der Waals surface area contributed by atoms with Gasteiger partial charge in [-0.3, -0.25) is 9.48 Å². The van der Waals surface area contributed by atoms with E-state index in [9.17, 15) is 4.79 Å². The smallest absolute Gasteiger partial charge is 0.235 e. The molecule has 3 heterocycles. The van der Waals surface area contributed by atoms with Crippen LogP contribution in [0.3, 0.4) is 0 Å². The Hall–Kier alpha value is -2.94. The number of hydrogen-bond acceptors (Lipinski definition) is 6. The molecule has 4 rings (SSSR count). The average Bonchev–Trinajstić information content (AvgIpc) is 3.27. The second kappa shape index (κ2) is 8.20. The zero-order valence-corrected chi connectivity index (χ0v) is 17.5. The van der Waals surface area contributed by atoms with E-state index in [-0.39, 0.29) is 11.7 Å².